The molecule has 0 fully saturated rings. The number of carbonyl (C=O) groups excluding carboxylic acids is 4. The second kappa shape index (κ2) is 16.8. The van der Waals surface area contributed by atoms with Crippen molar-refractivity contribution in [2.24, 2.45) is 17.2 Å². The van der Waals surface area contributed by atoms with Gasteiger partial charge < -0.3 is 32.7 Å². The predicted octanol–water partition coefficient (Wildman–Crippen LogP) is 1.11. The van der Waals surface area contributed by atoms with E-state index in [1.54, 1.807) is 36.4 Å². The molecular weight excluding hydrogens is 532 g/mol. The Bertz CT molecular complexity index is 1300. The number of amides is 3. The molecule has 10 heteroatoms. The number of nitrogens with zero attached hydrogens (tertiary/aromatic N) is 1. The van der Waals surface area contributed by atoms with Crippen molar-refractivity contribution in [3.63, 3.8) is 0 Å². The Labute approximate surface area is 246 Å². The fourth-order valence-corrected chi connectivity index (χ4v) is 4.43. The molecule has 2 atom stereocenters. The Hall–Kier alpha value is -4.38. The van der Waals surface area contributed by atoms with E-state index in [1.807, 2.05) is 48.5 Å². The van der Waals surface area contributed by atoms with Gasteiger partial charge in [-0.3, -0.25) is 19.2 Å². The molecule has 3 aromatic carbocycles. The molecule has 42 heavy (non-hydrogen) atoms. The topological polar surface area (TPSA) is 174 Å². The quantitative estimate of drug-likeness (QED) is 0.160. The van der Waals surface area contributed by atoms with E-state index in [-0.39, 0.29) is 43.7 Å². The number of ketones is 1. The van der Waals surface area contributed by atoms with Gasteiger partial charge in [0.25, 0.3) is 0 Å². The molecule has 2 unspecified atom stereocenters. The van der Waals surface area contributed by atoms with Crippen LogP contribution in [0.2, 0.25) is 0 Å². The number of nitrogens with two attached hydrogens (primary N) is 3. The van der Waals surface area contributed by atoms with Crippen LogP contribution in [0.5, 0.6) is 0 Å². The van der Waals surface area contributed by atoms with Crippen LogP contribution in [-0.2, 0) is 27.3 Å². The first-order valence-electron chi connectivity index (χ1n) is 14.1. The standard InChI is InChI=1S/C32H40N6O4/c33-17-19-38(20-18-34)29(39)21-27(35)31(41)37-28(16-13-23-7-3-1-4-8-23)32(42)36-22-24-11-14-26(15-12-24)30(40)25-9-5-2-6-10-25/h1-12,14-15,27-28H,13,16-22,33-35H2,(H,36,42)(H,37,41). The second-order valence-electron chi connectivity index (χ2n) is 9.96. The fourth-order valence-electron chi connectivity index (χ4n) is 4.43. The lowest BCUT2D eigenvalue weighted by Gasteiger charge is -2.24. The number of benzene rings is 3. The van der Waals surface area contributed by atoms with E-state index < -0.39 is 18.0 Å². The molecule has 0 saturated carbocycles. The Morgan fingerprint density at radius 2 is 1.29 bits per heavy atom. The molecule has 10 nitrogen and oxygen atoms in total. The van der Waals surface area contributed by atoms with Gasteiger partial charge in [0.15, 0.2) is 5.78 Å². The highest BCUT2D eigenvalue weighted by Crippen LogP contribution is 2.12. The van der Waals surface area contributed by atoms with Gasteiger partial charge in [0.2, 0.25) is 17.7 Å². The van der Waals surface area contributed by atoms with E-state index in [2.05, 4.69) is 10.6 Å². The summed E-state index contributed by atoms with van der Waals surface area (Å²) in [5.41, 5.74) is 20.2. The first kappa shape index (κ1) is 32.1. The SMILES string of the molecule is NCCN(CCN)C(=O)CC(N)C(=O)NC(CCc1ccccc1)C(=O)NCc1ccc(C(=O)c2ccccc2)cc1. The molecule has 0 spiro atoms. The van der Waals surface area contributed by atoms with Crippen molar-refractivity contribution < 1.29 is 19.2 Å². The summed E-state index contributed by atoms with van der Waals surface area (Å²) in [6.45, 7) is 1.36. The lowest BCUT2D eigenvalue weighted by Crippen LogP contribution is -2.53. The normalized spacial score (nSPS) is 12.2. The van der Waals surface area contributed by atoms with Crippen LogP contribution in [0, 0.1) is 0 Å². The molecule has 3 aromatic rings. The third kappa shape index (κ3) is 9.91. The van der Waals surface area contributed by atoms with Crippen molar-refractivity contribution in [2.45, 2.75) is 37.9 Å². The summed E-state index contributed by atoms with van der Waals surface area (Å²) >= 11 is 0. The Morgan fingerprint density at radius 1 is 0.714 bits per heavy atom. The van der Waals surface area contributed by atoms with Crippen LogP contribution in [0.1, 0.15) is 39.9 Å². The molecular formula is C32H40N6O4. The zero-order chi connectivity index (χ0) is 30.3. The maximum atomic E-state index is 13.2. The van der Waals surface area contributed by atoms with Crippen LogP contribution >= 0.6 is 0 Å². The summed E-state index contributed by atoms with van der Waals surface area (Å²) < 4.78 is 0. The number of rotatable bonds is 16. The van der Waals surface area contributed by atoms with E-state index in [1.165, 1.54) is 4.90 Å². The van der Waals surface area contributed by atoms with Crippen LogP contribution in [-0.4, -0.2) is 66.7 Å². The minimum absolute atomic E-state index is 0.0844. The molecule has 3 amide bonds. The number of nitrogens with one attached hydrogen (secondary N) is 2. The summed E-state index contributed by atoms with van der Waals surface area (Å²) in [5.74, 6) is -1.39. The highest BCUT2D eigenvalue weighted by molar-refractivity contribution is 6.08. The van der Waals surface area contributed by atoms with Crippen molar-refractivity contribution >= 4 is 23.5 Å². The van der Waals surface area contributed by atoms with Gasteiger partial charge in [-0.25, -0.2) is 0 Å². The van der Waals surface area contributed by atoms with Crippen molar-refractivity contribution in [1.29, 1.82) is 0 Å². The molecule has 0 aliphatic rings. The van der Waals surface area contributed by atoms with E-state index >= 15 is 0 Å². The summed E-state index contributed by atoms with van der Waals surface area (Å²) in [7, 11) is 0. The van der Waals surface area contributed by atoms with Crippen molar-refractivity contribution in [3.05, 3.63) is 107 Å². The molecule has 0 heterocycles. The minimum atomic E-state index is -1.14. The zero-order valence-corrected chi connectivity index (χ0v) is 23.7. The molecule has 0 radical (unpaired) electrons. The lowest BCUT2D eigenvalue weighted by molar-refractivity contribution is -0.135. The summed E-state index contributed by atoms with van der Waals surface area (Å²) in [5, 5.41) is 5.60. The smallest absolute Gasteiger partial charge is 0.242 e. The van der Waals surface area contributed by atoms with Gasteiger partial charge in [-0.2, -0.15) is 0 Å². The van der Waals surface area contributed by atoms with E-state index in [0.29, 0.717) is 37.1 Å². The average Bonchev–Trinajstić information content (AvgIpc) is 3.02. The number of carbonyl (C=O) groups is 4. The molecule has 0 saturated heterocycles. The molecule has 0 aliphatic heterocycles. The van der Waals surface area contributed by atoms with Gasteiger partial charge in [-0.1, -0.05) is 84.9 Å². The maximum absolute atomic E-state index is 13.2. The lowest BCUT2D eigenvalue weighted by atomic mass is 10.0. The predicted molar refractivity (Wildman–Crippen MR) is 162 cm³/mol. The highest BCUT2D eigenvalue weighted by atomic mass is 16.2. The van der Waals surface area contributed by atoms with E-state index in [0.717, 1.165) is 11.1 Å². The van der Waals surface area contributed by atoms with Crippen LogP contribution in [0.25, 0.3) is 0 Å². The van der Waals surface area contributed by atoms with Crippen molar-refractivity contribution in [1.82, 2.24) is 15.5 Å². The summed E-state index contributed by atoms with van der Waals surface area (Å²) in [6, 6.07) is 23.6. The monoisotopic (exact) mass is 572 g/mol. The van der Waals surface area contributed by atoms with Gasteiger partial charge in [0.05, 0.1) is 12.5 Å². The third-order valence-corrected chi connectivity index (χ3v) is 6.80. The van der Waals surface area contributed by atoms with Crippen LogP contribution in [0.15, 0.2) is 84.9 Å². The molecule has 0 bridgehead atoms. The summed E-state index contributed by atoms with van der Waals surface area (Å²) in [6.07, 6.45) is 0.649. The van der Waals surface area contributed by atoms with Crippen molar-refractivity contribution in [3.8, 4) is 0 Å². The first-order valence-corrected chi connectivity index (χ1v) is 14.1. The molecule has 8 N–H and O–H groups in total. The van der Waals surface area contributed by atoms with Gasteiger partial charge in [0.1, 0.15) is 6.04 Å². The van der Waals surface area contributed by atoms with E-state index in [9.17, 15) is 19.2 Å². The Kier molecular flexibility index (Phi) is 12.8. The highest BCUT2D eigenvalue weighted by Gasteiger charge is 2.26. The van der Waals surface area contributed by atoms with Gasteiger partial charge >= 0.3 is 0 Å². The number of aryl methyl sites for hydroxylation is 1. The maximum Gasteiger partial charge on any atom is 0.242 e. The zero-order valence-electron chi connectivity index (χ0n) is 23.7. The molecule has 3 rings (SSSR count). The van der Waals surface area contributed by atoms with Crippen LogP contribution in [0.4, 0.5) is 0 Å². The second-order valence-corrected chi connectivity index (χ2v) is 9.96. The van der Waals surface area contributed by atoms with Crippen LogP contribution < -0.4 is 27.8 Å². The van der Waals surface area contributed by atoms with Crippen LogP contribution in [0.3, 0.4) is 0 Å². The Balaban J connectivity index is 1.62. The summed E-state index contributed by atoms with van der Waals surface area (Å²) in [4.78, 5) is 53.0. The van der Waals surface area contributed by atoms with Gasteiger partial charge in [-0.05, 0) is 24.0 Å². The number of hydrogen-bond donors (Lipinski definition) is 5. The van der Waals surface area contributed by atoms with Gasteiger partial charge in [0, 0.05) is 43.9 Å². The molecule has 0 aliphatic carbocycles. The Morgan fingerprint density at radius 3 is 1.88 bits per heavy atom. The first-order chi connectivity index (χ1) is 20.3. The van der Waals surface area contributed by atoms with Gasteiger partial charge in [-0.15, -0.1) is 0 Å². The number of hydrogen-bond acceptors (Lipinski definition) is 7. The minimum Gasteiger partial charge on any atom is -0.350 e. The third-order valence-electron chi connectivity index (χ3n) is 6.80. The fraction of sp³-hybridized carbons (Fsp3) is 0.312. The van der Waals surface area contributed by atoms with E-state index in [4.69, 9.17) is 17.2 Å². The van der Waals surface area contributed by atoms with Crippen molar-refractivity contribution in [2.75, 3.05) is 26.2 Å². The molecule has 0 aromatic heterocycles. The average molecular weight is 573 g/mol. The molecule has 222 valence electrons. The largest absolute Gasteiger partial charge is 0.350 e.